The maximum absolute atomic E-state index is 12.7. The van der Waals surface area contributed by atoms with Crippen molar-refractivity contribution in [1.82, 2.24) is 15.1 Å². The zero-order chi connectivity index (χ0) is 43.7. The number of allylic oxidation sites excluding steroid dienone is 5. The average molecular weight is 821 g/mol. The molecule has 4 unspecified atom stereocenters. The fraction of sp³-hybridized carbons (Fsp3) is 0.532. The van der Waals surface area contributed by atoms with Crippen LogP contribution in [-0.2, 0) is 14.3 Å². The number of aliphatic hydroxyl groups is 2. The molecule has 11 heteroatoms. The molecule has 2 heterocycles. The van der Waals surface area contributed by atoms with Crippen LogP contribution in [0.2, 0.25) is 5.02 Å². The van der Waals surface area contributed by atoms with E-state index in [4.69, 9.17) is 21.4 Å². The molecule has 1 aromatic carbocycles. The molecule has 2 aliphatic heterocycles. The lowest BCUT2D eigenvalue weighted by Crippen LogP contribution is -2.47. The number of rotatable bonds is 15. The number of benzene rings is 1. The Hall–Kier alpha value is -4.34. The van der Waals surface area contributed by atoms with Gasteiger partial charge in [0.1, 0.15) is 28.9 Å². The molecule has 1 fully saturated rings. The molecule has 320 valence electrons. The number of aryl methyl sites for hydroxylation is 1. The molecule has 1 saturated heterocycles. The van der Waals surface area contributed by atoms with Gasteiger partial charge in [-0.15, -0.1) is 0 Å². The number of hydrogen-bond donors (Lipinski definition) is 4. The highest BCUT2D eigenvalue weighted by Crippen LogP contribution is 2.38. The second kappa shape index (κ2) is 24.6. The number of carbonyl (C=O) groups excluding carboxylic acids is 2. The van der Waals surface area contributed by atoms with Gasteiger partial charge in [0.05, 0.1) is 35.7 Å². The summed E-state index contributed by atoms with van der Waals surface area (Å²) in [6.07, 6.45) is 9.86. The third-order valence-electron chi connectivity index (χ3n) is 11.0. The number of aliphatic hydroxyl groups excluding tert-OH is 2. The second-order valence-corrected chi connectivity index (χ2v) is 15.7. The number of hydrogen-bond acceptors (Lipinski definition) is 9. The smallest absolute Gasteiger partial charge is 0.274 e. The molecule has 58 heavy (non-hydrogen) atoms. The number of carbonyl (C=O) groups is 1. The second-order valence-electron chi connectivity index (χ2n) is 15.3. The first-order chi connectivity index (χ1) is 27.5. The summed E-state index contributed by atoms with van der Waals surface area (Å²) in [5.41, 5.74) is 7.26. The number of halogens is 1. The van der Waals surface area contributed by atoms with E-state index in [-0.39, 0.29) is 23.8 Å². The third-order valence-corrected chi connectivity index (χ3v) is 11.3. The number of nitrogens with zero attached hydrogens (tertiary/aromatic N) is 3. The van der Waals surface area contributed by atoms with Crippen LogP contribution in [0.15, 0.2) is 99.6 Å². The largest absolute Gasteiger partial charge is 0.506 e. The molecule has 0 bridgehead atoms. The van der Waals surface area contributed by atoms with Crippen LogP contribution in [0, 0.1) is 30.6 Å². The number of ether oxygens (including phenoxy) is 1. The number of aliphatic imine (C=N–C) groups is 1. The van der Waals surface area contributed by atoms with Gasteiger partial charge in [0, 0.05) is 43.1 Å². The standard InChI is InChI=1S/C22H29ClN4O2.C16H26O.C9H15NO2/c1-6-11-26(8-3)21-20(7-2)27(16(5)24-22(21)29)13-17(14-28)25-19-10-9-15(4)12-18(19)23;1-5-11(2)13(4)16-9-14-6-7-17-10-15(14)8-12(16)3;1-5-10-7(3)9(12)6(2)8(4)11/h9-10,12,25H,5-8,11,13H2,1-4H3,(H,24,29);8-9,11,13-15H,5-7,10H2,1-4H3;5,8,11-12H,2H2,1,3-4H3/b;;9-7+,10-5?/t;11?,13-,14?,15?;/m.0./s1. The predicted molar refractivity (Wildman–Crippen MR) is 241 cm³/mol. The first-order valence-corrected chi connectivity index (χ1v) is 21.1. The fourth-order valence-corrected chi connectivity index (χ4v) is 7.47. The lowest BCUT2D eigenvalue weighted by Gasteiger charge is -2.38. The molecular formula is C47H70ClN5O5. The minimum absolute atomic E-state index is 0.0388. The number of fused-ring (bicyclic) bond motifs is 1. The Labute approximate surface area is 353 Å². The van der Waals surface area contributed by atoms with Crippen molar-refractivity contribution in [2.24, 2.45) is 28.7 Å². The summed E-state index contributed by atoms with van der Waals surface area (Å²) in [5.74, 6) is 5.04. The summed E-state index contributed by atoms with van der Waals surface area (Å²) in [4.78, 5) is 32.1. The molecule has 0 aromatic heterocycles. The lowest BCUT2D eigenvalue weighted by molar-refractivity contribution is -0.119. The van der Waals surface area contributed by atoms with Gasteiger partial charge in [0.15, 0.2) is 0 Å². The van der Waals surface area contributed by atoms with E-state index >= 15 is 0 Å². The van der Waals surface area contributed by atoms with Crippen LogP contribution < -0.4 is 10.6 Å². The van der Waals surface area contributed by atoms with Crippen LogP contribution in [0.25, 0.3) is 0 Å². The van der Waals surface area contributed by atoms with Gasteiger partial charge in [-0.05, 0) is 102 Å². The van der Waals surface area contributed by atoms with E-state index in [2.05, 4.69) is 80.5 Å². The van der Waals surface area contributed by atoms with Gasteiger partial charge in [0.2, 0.25) is 0 Å². The van der Waals surface area contributed by atoms with Gasteiger partial charge in [-0.25, -0.2) is 4.79 Å². The van der Waals surface area contributed by atoms with E-state index in [0.29, 0.717) is 58.4 Å². The van der Waals surface area contributed by atoms with Crippen molar-refractivity contribution < 1.29 is 24.5 Å². The normalized spacial score (nSPS) is 19.7. The van der Waals surface area contributed by atoms with Crippen LogP contribution in [0.5, 0.6) is 0 Å². The molecule has 5 atom stereocenters. The van der Waals surface area contributed by atoms with Crippen molar-refractivity contribution in [2.75, 3.05) is 38.2 Å². The van der Waals surface area contributed by atoms with Crippen LogP contribution in [0.1, 0.15) is 100 Å². The van der Waals surface area contributed by atoms with Crippen molar-refractivity contribution in [2.45, 2.75) is 108 Å². The Morgan fingerprint density at radius 3 is 2.43 bits per heavy atom. The maximum atomic E-state index is 12.7. The highest BCUT2D eigenvalue weighted by molar-refractivity contribution is 6.33. The topological polar surface area (TPSA) is 127 Å². The molecule has 4 N–H and O–H groups in total. The Morgan fingerprint density at radius 1 is 1.19 bits per heavy atom. The summed E-state index contributed by atoms with van der Waals surface area (Å²) < 4.78 is 5.58. The van der Waals surface area contributed by atoms with Crippen LogP contribution in [0.3, 0.4) is 0 Å². The van der Waals surface area contributed by atoms with E-state index in [1.807, 2.05) is 49.8 Å². The molecule has 0 saturated carbocycles. The number of anilines is 1. The summed E-state index contributed by atoms with van der Waals surface area (Å²) in [7, 11) is 0. The molecular weight excluding hydrogens is 750 g/mol. The third kappa shape index (κ3) is 13.9. The lowest BCUT2D eigenvalue weighted by atomic mass is 9.74. The van der Waals surface area contributed by atoms with Gasteiger partial charge >= 0.3 is 0 Å². The van der Waals surface area contributed by atoms with Crippen LogP contribution in [0.4, 0.5) is 5.69 Å². The minimum atomic E-state index is -0.744. The van der Waals surface area contributed by atoms with Crippen molar-refractivity contribution >= 4 is 35.4 Å². The molecule has 1 amide bonds. The number of likely N-dealkylation sites (N-methyl/N-ethyl adjacent to an activating group) is 1. The van der Waals surface area contributed by atoms with Gasteiger partial charge in [-0.1, -0.05) is 89.6 Å². The van der Waals surface area contributed by atoms with Gasteiger partial charge in [0.25, 0.3) is 5.91 Å². The van der Waals surface area contributed by atoms with Crippen molar-refractivity contribution in [3.05, 3.63) is 105 Å². The maximum Gasteiger partial charge on any atom is 0.274 e. The molecule has 0 radical (unpaired) electrons. The van der Waals surface area contributed by atoms with E-state index in [0.717, 1.165) is 49.3 Å². The highest BCUT2D eigenvalue weighted by Gasteiger charge is 2.32. The quantitative estimate of drug-likeness (QED) is 0.0597. The molecule has 1 aromatic rings. The first-order valence-electron chi connectivity index (χ1n) is 20.8. The molecule has 3 aliphatic rings. The Morgan fingerprint density at radius 2 is 1.88 bits per heavy atom. The Balaban J connectivity index is 0.000000337. The predicted octanol–water partition coefficient (Wildman–Crippen LogP) is 10.0. The van der Waals surface area contributed by atoms with Crippen molar-refractivity contribution in [3.63, 3.8) is 0 Å². The average Bonchev–Trinajstić information content (AvgIpc) is 3.20. The SMILES string of the molecule is C=C(/C(O)=C(/C)N=CC)C(C)O.C=C1NC(=O)C(N(CC)CCC)=C(CC)N1CC(=C=O)Nc1ccc(C)cc1Cl.CCC(C)[C@H](C)C1=CC2CCOCC2C=C1C. The van der Waals surface area contributed by atoms with E-state index in [9.17, 15) is 14.7 Å². The van der Waals surface area contributed by atoms with E-state index in [1.54, 1.807) is 32.6 Å². The fourth-order valence-electron chi connectivity index (χ4n) is 7.18. The van der Waals surface area contributed by atoms with Crippen LogP contribution in [-0.4, -0.2) is 77.0 Å². The zero-order valence-electron chi connectivity index (χ0n) is 37.0. The zero-order valence-corrected chi connectivity index (χ0v) is 37.7. The van der Waals surface area contributed by atoms with Gasteiger partial charge in [-0.3, -0.25) is 9.79 Å². The molecule has 1 aliphatic carbocycles. The highest BCUT2D eigenvalue weighted by atomic mass is 35.5. The Kier molecular flexibility index (Phi) is 21.1. The number of nitrogens with one attached hydrogen (secondary N) is 2. The minimum Gasteiger partial charge on any atom is -0.506 e. The van der Waals surface area contributed by atoms with Crippen molar-refractivity contribution in [1.29, 1.82) is 0 Å². The summed E-state index contributed by atoms with van der Waals surface area (Å²) >= 11 is 6.29. The van der Waals surface area contributed by atoms with Gasteiger partial charge < -0.3 is 35.4 Å². The molecule has 10 nitrogen and oxygen atoms in total. The summed E-state index contributed by atoms with van der Waals surface area (Å²) in [6.45, 7) is 33.4. The number of amides is 1. The van der Waals surface area contributed by atoms with E-state index < -0.39 is 6.10 Å². The van der Waals surface area contributed by atoms with Gasteiger partial charge in [-0.2, -0.15) is 0 Å². The molecule has 0 spiro atoms. The first kappa shape index (κ1) is 49.8. The monoisotopic (exact) mass is 820 g/mol. The summed E-state index contributed by atoms with van der Waals surface area (Å²) in [6, 6.07) is 5.56. The molecule has 4 rings (SSSR count). The van der Waals surface area contributed by atoms with Crippen molar-refractivity contribution in [3.8, 4) is 0 Å². The summed E-state index contributed by atoms with van der Waals surface area (Å²) in [5, 5.41) is 24.9. The Bertz CT molecular complexity index is 1800. The van der Waals surface area contributed by atoms with Crippen LogP contribution >= 0.6 is 11.6 Å². The van der Waals surface area contributed by atoms with E-state index in [1.165, 1.54) is 18.4 Å².